The lowest BCUT2D eigenvalue weighted by Gasteiger charge is -2.30. The zero-order valence-corrected chi connectivity index (χ0v) is 21.0. The van der Waals surface area contributed by atoms with Gasteiger partial charge in [0.25, 0.3) is 0 Å². The summed E-state index contributed by atoms with van der Waals surface area (Å²) in [6.45, 7) is 4.65. The second kappa shape index (κ2) is 9.97. The number of sulfonamides is 1. The van der Waals surface area contributed by atoms with Crippen molar-refractivity contribution >= 4 is 32.8 Å². The molecule has 0 N–H and O–H groups in total. The first-order valence-electron chi connectivity index (χ1n) is 11.9. The van der Waals surface area contributed by atoms with Crippen LogP contribution in [-0.4, -0.2) is 48.1 Å². The van der Waals surface area contributed by atoms with Crippen LogP contribution in [0.4, 0.5) is 4.39 Å². The predicted molar refractivity (Wildman–Crippen MR) is 132 cm³/mol. The number of piperidine rings is 1. The molecule has 1 aromatic heterocycles. The molecule has 182 valence electrons. The minimum atomic E-state index is -3.56. The van der Waals surface area contributed by atoms with Crippen LogP contribution in [0.1, 0.15) is 38.2 Å². The number of hydrogen-bond acceptors (Lipinski definition) is 5. The van der Waals surface area contributed by atoms with Crippen molar-refractivity contribution < 1.29 is 17.5 Å². The normalized spacial score (nSPS) is 21.9. The van der Waals surface area contributed by atoms with Gasteiger partial charge >= 0.3 is 0 Å². The zero-order valence-electron chi connectivity index (χ0n) is 19.3. The van der Waals surface area contributed by atoms with Crippen LogP contribution in [-0.2, 0) is 27.1 Å². The maximum atomic E-state index is 13.6. The number of halogens is 1. The van der Waals surface area contributed by atoms with Gasteiger partial charge in [-0.3, -0.25) is 0 Å². The number of nitrogens with zero attached hydrogens (tertiary/aromatic N) is 3. The molecule has 3 heterocycles. The van der Waals surface area contributed by atoms with Gasteiger partial charge in [-0.05, 0) is 67.5 Å². The van der Waals surface area contributed by atoms with Gasteiger partial charge in [0.1, 0.15) is 5.82 Å². The zero-order chi connectivity index (χ0) is 23.7. The lowest BCUT2D eigenvalue weighted by molar-refractivity contribution is 0.0960. The van der Waals surface area contributed by atoms with E-state index in [0.717, 1.165) is 48.5 Å². The molecule has 0 saturated carbocycles. The van der Waals surface area contributed by atoms with E-state index in [2.05, 4.69) is 11.5 Å². The lowest BCUT2D eigenvalue weighted by atomic mass is 10.0. The molecule has 0 aliphatic carbocycles. The van der Waals surface area contributed by atoms with E-state index in [0.29, 0.717) is 36.8 Å². The number of hydrogen-bond donors (Lipinski definition) is 0. The number of rotatable bonds is 7. The van der Waals surface area contributed by atoms with Crippen molar-refractivity contribution in [3.05, 3.63) is 53.8 Å². The Balaban J connectivity index is 1.47. The molecule has 3 aromatic rings. The third-order valence-electron chi connectivity index (χ3n) is 6.61. The summed E-state index contributed by atoms with van der Waals surface area (Å²) >= 11 is 1.53. The third-order valence-corrected chi connectivity index (χ3v) is 9.52. The topological polar surface area (TPSA) is 64.4 Å². The molecule has 0 radical (unpaired) electrons. The van der Waals surface area contributed by atoms with E-state index in [9.17, 15) is 12.8 Å². The van der Waals surface area contributed by atoms with Crippen molar-refractivity contribution in [3.8, 4) is 0 Å². The third kappa shape index (κ3) is 5.03. The van der Waals surface area contributed by atoms with Crippen LogP contribution in [0.2, 0.25) is 0 Å². The van der Waals surface area contributed by atoms with Gasteiger partial charge in [-0.15, -0.1) is 0 Å². The van der Waals surface area contributed by atoms with Crippen molar-refractivity contribution in [1.82, 2.24) is 13.9 Å². The fourth-order valence-corrected chi connectivity index (χ4v) is 7.40. The Labute approximate surface area is 204 Å². The van der Waals surface area contributed by atoms with Gasteiger partial charge in [-0.25, -0.2) is 17.8 Å². The number of aromatic nitrogens is 2. The fraction of sp³-hybridized carbons (Fsp3) is 0.480. The van der Waals surface area contributed by atoms with Gasteiger partial charge in [0.15, 0.2) is 5.16 Å². The fourth-order valence-electron chi connectivity index (χ4n) is 4.81. The highest BCUT2D eigenvalue weighted by atomic mass is 32.2. The molecule has 0 bridgehead atoms. The second-order valence-electron chi connectivity index (χ2n) is 9.32. The SMILES string of the molecule is C[C@@H]1CCCN(S(=O)(=O)c2ccc3c(c2)nc(SCc2cccc(F)c2)n3C[C@@H]2CCCO2)C1. The number of thioether (sulfide) groups is 1. The van der Waals surface area contributed by atoms with Crippen molar-refractivity contribution in [3.63, 3.8) is 0 Å². The number of ether oxygens (including phenoxy) is 1. The number of fused-ring (bicyclic) bond motifs is 1. The van der Waals surface area contributed by atoms with E-state index in [-0.39, 0.29) is 16.8 Å². The Morgan fingerprint density at radius 1 is 1.18 bits per heavy atom. The molecular formula is C25H30FN3O3S2. The van der Waals surface area contributed by atoms with Gasteiger partial charge in [-0.2, -0.15) is 4.31 Å². The second-order valence-corrected chi connectivity index (χ2v) is 12.2. The smallest absolute Gasteiger partial charge is 0.243 e. The van der Waals surface area contributed by atoms with Gasteiger partial charge in [0.2, 0.25) is 10.0 Å². The van der Waals surface area contributed by atoms with Crippen LogP contribution in [0, 0.1) is 11.7 Å². The summed E-state index contributed by atoms with van der Waals surface area (Å²) in [4.78, 5) is 5.11. The van der Waals surface area contributed by atoms with Crippen LogP contribution in [0.3, 0.4) is 0 Å². The summed E-state index contributed by atoms with van der Waals surface area (Å²) in [5.41, 5.74) is 2.43. The Hall–Kier alpha value is -1.94. The molecule has 2 atom stereocenters. The summed E-state index contributed by atoms with van der Waals surface area (Å²) in [5, 5.41) is 0.788. The molecule has 9 heteroatoms. The average Bonchev–Trinajstić information content (AvgIpc) is 3.46. The Morgan fingerprint density at radius 2 is 2.06 bits per heavy atom. The average molecular weight is 504 g/mol. The van der Waals surface area contributed by atoms with Crippen molar-refractivity contribution in [2.45, 2.75) is 61.1 Å². The maximum Gasteiger partial charge on any atom is 0.243 e. The molecule has 2 aromatic carbocycles. The van der Waals surface area contributed by atoms with E-state index in [4.69, 9.17) is 9.72 Å². The van der Waals surface area contributed by atoms with E-state index in [1.807, 2.05) is 12.1 Å². The predicted octanol–water partition coefficient (Wildman–Crippen LogP) is 5.07. The molecule has 34 heavy (non-hydrogen) atoms. The van der Waals surface area contributed by atoms with Crippen LogP contribution in [0.5, 0.6) is 0 Å². The van der Waals surface area contributed by atoms with Crippen LogP contribution in [0.15, 0.2) is 52.5 Å². The highest BCUT2D eigenvalue weighted by Crippen LogP contribution is 2.31. The summed E-state index contributed by atoms with van der Waals surface area (Å²) in [7, 11) is -3.56. The quantitative estimate of drug-likeness (QED) is 0.422. The minimum Gasteiger partial charge on any atom is -0.376 e. The first-order valence-corrected chi connectivity index (χ1v) is 14.3. The maximum absolute atomic E-state index is 13.6. The van der Waals surface area contributed by atoms with E-state index in [1.54, 1.807) is 22.5 Å². The molecule has 6 nitrogen and oxygen atoms in total. The first kappa shape index (κ1) is 23.8. The lowest BCUT2D eigenvalue weighted by Crippen LogP contribution is -2.39. The molecule has 5 rings (SSSR count). The summed E-state index contributed by atoms with van der Waals surface area (Å²) in [5.74, 6) is 0.681. The van der Waals surface area contributed by atoms with E-state index in [1.165, 1.54) is 23.9 Å². The van der Waals surface area contributed by atoms with E-state index >= 15 is 0 Å². The van der Waals surface area contributed by atoms with Gasteiger partial charge in [0.05, 0.1) is 28.6 Å². The van der Waals surface area contributed by atoms with Crippen molar-refractivity contribution in [2.75, 3.05) is 19.7 Å². The Bertz CT molecular complexity index is 1270. The monoisotopic (exact) mass is 503 g/mol. The highest BCUT2D eigenvalue weighted by Gasteiger charge is 2.29. The van der Waals surface area contributed by atoms with Crippen molar-refractivity contribution in [2.24, 2.45) is 5.92 Å². The molecule has 0 unspecified atom stereocenters. The number of imidazole rings is 1. The van der Waals surface area contributed by atoms with Crippen LogP contribution < -0.4 is 0 Å². The number of benzene rings is 2. The summed E-state index contributed by atoms with van der Waals surface area (Å²) < 4.78 is 49.9. The standard InChI is InChI=1S/C25H30FN3O3S2/c1-18-5-3-11-28(15-18)34(30,31)22-9-10-24-23(14-22)27-25(29(24)16-21-8-4-12-32-21)33-17-19-6-2-7-20(26)13-19/h2,6-7,9-10,13-14,18,21H,3-5,8,11-12,15-17H2,1H3/t18-,21+/m1/s1. The Morgan fingerprint density at radius 3 is 2.82 bits per heavy atom. The largest absolute Gasteiger partial charge is 0.376 e. The minimum absolute atomic E-state index is 0.115. The van der Waals surface area contributed by atoms with Crippen LogP contribution >= 0.6 is 11.8 Å². The molecule has 2 aliphatic heterocycles. The Kier molecular flexibility index (Phi) is 6.97. The molecular weight excluding hydrogens is 473 g/mol. The van der Waals surface area contributed by atoms with Gasteiger partial charge < -0.3 is 9.30 Å². The summed E-state index contributed by atoms with van der Waals surface area (Å²) in [6, 6.07) is 11.8. The molecule has 0 spiro atoms. The summed E-state index contributed by atoms with van der Waals surface area (Å²) in [6.07, 6.45) is 4.10. The highest BCUT2D eigenvalue weighted by molar-refractivity contribution is 7.98. The first-order chi connectivity index (χ1) is 16.4. The molecule has 2 aliphatic rings. The van der Waals surface area contributed by atoms with Crippen molar-refractivity contribution in [1.29, 1.82) is 0 Å². The van der Waals surface area contributed by atoms with Gasteiger partial charge in [-0.1, -0.05) is 30.8 Å². The molecule has 0 amide bonds. The van der Waals surface area contributed by atoms with Crippen LogP contribution in [0.25, 0.3) is 11.0 Å². The van der Waals surface area contributed by atoms with Gasteiger partial charge in [0, 0.05) is 25.4 Å². The van der Waals surface area contributed by atoms with E-state index < -0.39 is 10.0 Å². The molecule has 2 fully saturated rings. The molecule has 2 saturated heterocycles.